The van der Waals surface area contributed by atoms with E-state index < -0.39 is 0 Å². The lowest BCUT2D eigenvalue weighted by atomic mass is 10.0. The van der Waals surface area contributed by atoms with Crippen LogP contribution in [0.1, 0.15) is 29.8 Å². The Hall–Kier alpha value is 0.320. The highest BCUT2D eigenvalue weighted by molar-refractivity contribution is 9.13. The summed E-state index contributed by atoms with van der Waals surface area (Å²) in [5.74, 6) is 0. The molecule has 1 atom stereocenters. The van der Waals surface area contributed by atoms with E-state index in [1.54, 1.807) is 11.3 Å². The molecule has 0 fully saturated rings. The largest absolute Gasteiger partial charge is 0.305 e. The predicted octanol–water partition coefficient (Wildman–Crippen LogP) is 6.28. The number of hydrogen-bond acceptors (Lipinski definition) is 2. The van der Waals surface area contributed by atoms with Gasteiger partial charge in [0.2, 0.25) is 0 Å². The van der Waals surface area contributed by atoms with E-state index >= 15 is 0 Å². The summed E-state index contributed by atoms with van der Waals surface area (Å²) >= 11 is 12.3. The molecule has 1 aromatic heterocycles. The van der Waals surface area contributed by atoms with Crippen molar-refractivity contribution in [1.29, 1.82) is 0 Å². The third-order valence-corrected chi connectivity index (χ3v) is 6.68. The van der Waals surface area contributed by atoms with E-state index in [0.717, 1.165) is 25.7 Å². The van der Waals surface area contributed by atoms with Gasteiger partial charge in [-0.2, -0.15) is 0 Å². The van der Waals surface area contributed by atoms with Gasteiger partial charge < -0.3 is 5.32 Å². The van der Waals surface area contributed by atoms with Crippen molar-refractivity contribution in [1.82, 2.24) is 5.32 Å². The van der Waals surface area contributed by atoms with Crippen LogP contribution in [0.25, 0.3) is 0 Å². The minimum atomic E-state index is 0.396. The van der Waals surface area contributed by atoms with Gasteiger partial charge in [-0.25, -0.2) is 0 Å². The summed E-state index contributed by atoms with van der Waals surface area (Å²) in [5.41, 5.74) is 1.33. The summed E-state index contributed by atoms with van der Waals surface area (Å²) in [5, 5.41) is 3.62. The van der Waals surface area contributed by atoms with Crippen LogP contribution in [0.5, 0.6) is 0 Å². The van der Waals surface area contributed by atoms with Crippen LogP contribution < -0.4 is 5.32 Å². The van der Waals surface area contributed by atoms with Crippen molar-refractivity contribution in [3.63, 3.8) is 0 Å². The molecule has 1 unspecified atom stereocenters. The summed E-state index contributed by atoms with van der Waals surface area (Å²) in [6, 6.07) is 11.1. The van der Waals surface area contributed by atoms with Crippen LogP contribution in [-0.4, -0.2) is 0 Å². The molecule has 0 radical (unpaired) electrons. The first-order valence-corrected chi connectivity index (χ1v) is 9.22. The number of thiophene rings is 1. The maximum absolute atomic E-state index is 3.62. The fraction of sp³-hybridized carbons (Fsp3) is 0.286. The number of hydrogen-bond donors (Lipinski definition) is 1. The van der Waals surface area contributed by atoms with E-state index in [1.807, 2.05) is 0 Å². The smallest absolute Gasteiger partial charge is 0.0843 e. The number of nitrogens with one attached hydrogen (secondary N) is 1. The van der Waals surface area contributed by atoms with Crippen molar-refractivity contribution >= 4 is 59.1 Å². The molecule has 0 spiro atoms. The van der Waals surface area contributed by atoms with Crippen LogP contribution in [0, 0.1) is 0 Å². The summed E-state index contributed by atoms with van der Waals surface area (Å²) in [6.07, 6.45) is 1.08. The van der Waals surface area contributed by atoms with Gasteiger partial charge in [0, 0.05) is 26.4 Å². The molecule has 1 aromatic carbocycles. The lowest BCUT2D eigenvalue weighted by Crippen LogP contribution is -2.19. The number of rotatable bonds is 5. The molecule has 0 aliphatic heterocycles. The van der Waals surface area contributed by atoms with E-state index in [2.05, 4.69) is 90.4 Å². The molecule has 1 N–H and O–H groups in total. The number of benzene rings is 1. The van der Waals surface area contributed by atoms with Crippen molar-refractivity contribution in [2.45, 2.75) is 25.9 Å². The zero-order valence-electron chi connectivity index (χ0n) is 10.4. The summed E-state index contributed by atoms with van der Waals surface area (Å²) in [7, 11) is 0. The van der Waals surface area contributed by atoms with E-state index in [9.17, 15) is 0 Å². The lowest BCUT2D eigenvalue weighted by molar-refractivity contribution is 0.522. The first-order valence-electron chi connectivity index (χ1n) is 6.02. The Morgan fingerprint density at radius 3 is 2.37 bits per heavy atom. The van der Waals surface area contributed by atoms with E-state index in [-0.39, 0.29) is 0 Å². The van der Waals surface area contributed by atoms with Crippen molar-refractivity contribution in [3.8, 4) is 0 Å². The van der Waals surface area contributed by atoms with E-state index in [1.165, 1.54) is 10.4 Å². The third kappa shape index (κ3) is 4.39. The monoisotopic (exact) mass is 465 g/mol. The summed E-state index contributed by atoms with van der Waals surface area (Å²) < 4.78 is 3.41. The van der Waals surface area contributed by atoms with Gasteiger partial charge in [-0.1, -0.05) is 35.0 Å². The van der Waals surface area contributed by atoms with Crippen molar-refractivity contribution in [3.05, 3.63) is 53.5 Å². The second-order valence-electron chi connectivity index (χ2n) is 4.23. The molecule has 1 heterocycles. The second kappa shape index (κ2) is 7.36. The first-order chi connectivity index (χ1) is 9.10. The molecule has 19 heavy (non-hydrogen) atoms. The standard InChI is InChI=1S/C14H14Br3NS/c1-2-13(9-3-5-10(15)6-4-9)18-8-11-7-12(16)14(17)19-11/h3-7,13,18H,2,8H2,1H3. The Morgan fingerprint density at radius 1 is 1.16 bits per heavy atom. The third-order valence-electron chi connectivity index (χ3n) is 2.90. The molecule has 0 bridgehead atoms. The minimum absolute atomic E-state index is 0.396. The summed E-state index contributed by atoms with van der Waals surface area (Å²) in [6.45, 7) is 3.10. The fourth-order valence-electron chi connectivity index (χ4n) is 1.90. The van der Waals surface area contributed by atoms with E-state index in [4.69, 9.17) is 0 Å². The van der Waals surface area contributed by atoms with Crippen LogP contribution >= 0.6 is 59.1 Å². The van der Waals surface area contributed by atoms with Crippen LogP contribution in [0.4, 0.5) is 0 Å². The molecule has 2 aromatic rings. The lowest BCUT2D eigenvalue weighted by Gasteiger charge is -2.17. The van der Waals surface area contributed by atoms with Crippen LogP contribution in [0.2, 0.25) is 0 Å². The maximum atomic E-state index is 3.62. The average Bonchev–Trinajstić information content (AvgIpc) is 2.71. The molecule has 5 heteroatoms. The zero-order valence-corrected chi connectivity index (χ0v) is 16.0. The van der Waals surface area contributed by atoms with E-state index in [0.29, 0.717) is 6.04 Å². The van der Waals surface area contributed by atoms with Gasteiger partial charge in [-0.05, 0) is 62.0 Å². The van der Waals surface area contributed by atoms with Gasteiger partial charge in [0.1, 0.15) is 0 Å². The first kappa shape index (κ1) is 15.7. The molecule has 0 aliphatic rings. The Bertz CT molecular complexity index is 517. The SMILES string of the molecule is CCC(NCc1cc(Br)c(Br)s1)c1ccc(Br)cc1. The highest BCUT2D eigenvalue weighted by Gasteiger charge is 2.10. The van der Waals surface area contributed by atoms with Gasteiger partial charge in [0.15, 0.2) is 0 Å². The number of halogens is 3. The fourth-order valence-corrected chi connectivity index (χ4v) is 4.29. The topological polar surface area (TPSA) is 12.0 Å². The predicted molar refractivity (Wildman–Crippen MR) is 93.7 cm³/mol. The van der Waals surface area contributed by atoms with Crippen molar-refractivity contribution in [2.75, 3.05) is 0 Å². The van der Waals surface area contributed by atoms with Gasteiger partial charge in [-0.15, -0.1) is 11.3 Å². The quantitative estimate of drug-likeness (QED) is 0.546. The Balaban J connectivity index is 2.01. The molecule has 0 aliphatic carbocycles. The molecule has 0 saturated heterocycles. The highest BCUT2D eigenvalue weighted by Crippen LogP contribution is 2.32. The van der Waals surface area contributed by atoms with Gasteiger partial charge >= 0.3 is 0 Å². The highest BCUT2D eigenvalue weighted by atomic mass is 79.9. The Kier molecular flexibility index (Phi) is 6.09. The van der Waals surface area contributed by atoms with Gasteiger partial charge in [0.05, 0.1) is 3.79 Å². The summed E-state index contributed by atoms with van der Waals surface area (Å²) in [4.78, 5) is 1.33. The van der Waals surface area contributed by atoms with Gasteiger partial charge in [0.25, 0.3) is 0 Å². The molecule has 2 rings (SSSR count). The Morgan fingerprint density at radius 2 is 1.84 bits per heavy atom. The molecular formula is C14H14Br3NS. The molecule has 0 saturated carbocycles. The van der Waals surface area contributed by atoms with Gasteiger partial charge in [-0.3, -0.25) is 0 Å². The Labute approximate surface area is 143 Å². The van der Waals surface area contributed by atoms with Crippen molar-refractivity contribution < 1.29 is 0 Å². The van der Waals surface area contributed by atoms with Crippen molar-refractivity contribution in [2.24, 2.45) is 0 Å². The zero-order chi connectivity index (χ0) is 13.8. The molecule has 1 nitrogen and oxygen atoms in total. The molecular weight excluding hydrogens is 454 g/mol. The molecule has 102 valence electrons. The molecule has 0 amide bonds. The van der Waals surface area contributed by atoms with Crippen LogP contribution in [0.3, 0.4) is 0 Å². The maximum Gasteiger partial charge on any atom is 0.0843 e. The minimum Gasteiger partial charge on any atom is -0.305 e. The average molecular weight is 468 g/mol. The normalized spacial score (nSPS) is 12.6. The second-order valence-corrected chi connectivity index (χ2v) is 8.45. The van der Waals surface area contributed by atoms with Crippen LogP contribution in [-0.2, 0) is 6.54 Å². The van der Waals surface area contributed by atoms with Crippen LogP contribution in [0.15, 0.2) is 43.1 Å².